The average Bonchev–Trinajstić information content (AvgIpc) is 3.29. The van der Waals surface area contributed by atoms with Gasteiger partial charge in [0.1, 0.15) is 0 Å². The summed E-state index contributed by atoms with van der Waals surface area (Å²) in [5, 5.41) is 0.584. The minimum absolute atomic E-state index is 0.185. The highest BCUT2D eigenvalue weighted by Crippen LogP contribution is 2.32. The normalized spacial score (nSPS) is 12.1. The van der Waals surface area contributed by atoms with Gasteiger partial charge in [0.25, 0.3) is 5.91 Å². The van der Waals surface area contributed by atoms with Gasteiger partial charge >= 0.3 is 0 Å². The number of hydrogen-bond donors (Lipinski definition) is 0. The summed E-state index contributed by atoms with van der Waals surface area (Å²) >= 11 is 1.46. The van der Waals surface area contributed by atoms with Crippen LogP contribution in [0.1, 0.15) is 54.7 Å². The lowest BCUT2D eigenvalue weighted by Crippen LogP contribution is -2.37. The molecule has 4 aromatic rings. The second-order valence-electron chi connectivity index (χ2n) is 10.8. The Kier molecular flexibility index (Phi) is 8.83. The van der Waals surface area contributed by atoms with Crippen LogP contribution in [-0.2, 0) is 16.6 Å². The van der Waals surface area contributed by atoms with Crippen LogP contribution in [0.3, 0.4) is 0 Å². The number of hydrogen-bond acceptors (Lipinski definition) is 6. The summed E-state index contributed by atoms with van der Waals surface area (Å²) in [6, 6.07) is 14.1. The molecule has 0 bridgehead atoms. The molecule has 9 heteroatoms. The Balaban J connectivity index is 1.68. The van der Waals surface area contributed by atoms with Crippen LogP contribution in [0.5, 0.6) is 0 Å². The summed E-state index contributed by atoms with van der Waals surface area (Å²) < 4.78 is 29.5. The zero-order valence-corrected chi connectivity index (χ0v) is 25.0. The second kappa shape index (κ2) is 11.9. The fourth-order valence-electron chi connectivity index (χ4n) is 4.34. The van der Waals surface area contributed by atoms with E-state index in [1.165, 1.54) is 29.0 Å². The van der Waals surface area contributed by atoms with Crippen molar-refractivity contribution in [3.05, 3.63) is 83.2 Å². The van der Waals surface area contributed by atoms with Crippen molar-refractivity contribution in [2.24, 2.45) is 11.8 Å². The molecule has 0 unspecified atom stereocenters. The van der Waals surface area contributed by atoms with Crippen molar-refractivity contribution in [3.8, 4) is 0 Å². The number of aromatic nitrogens is 2. The van der Waals surface area contributed by atoms with Gasteiger partial charge in [0.2, 0.25) is 10.0 Å². The molecule has 2 heterocycles. The molecule has 0 N–H and O–H groups in total. The fourth-order valence-corrected chi connectivity index (χ4v) is 7.15. The number of amides is 1. The van der Waals surface area contributed by atoms with Crippen molar-refractivity contribution in [2.75, 3.05) is 18.0 Å². The molecule has 2 aromatic carbocycles. The maximum atomic E-state index is 13.9. The third-order valence-electron chi connectivity index (χ3n) is 6.41. The van der Waals surface area contributed by atoms with E-state index in [9.17, 15) is 13.2 Å². The van der Waals surface area contributed by atoms with Crippen LogP contribution in [0.4, 0.5) is 5.13 Å². The quantitative estimate of drug-likeness (QED) is 0.221. The monoisotopic (exact) mass is 564 g/mol. The minimum Gasteiger partial charge on any atom is -0.279 e. The average molecular weight is 565 g/mol. The topological polar surface area (TPSA) is 83.5 Å². The van der Waals surface area contributed by atoms with E-state index in [2.05, 4.69) is 18.0 Å². The van der Waals surface area contributed by atoms with Crippen molar-refractivity contribution >= 4 is 42.6 Å². The third kappa shape index (κ3) is 6.72. The fraction of sp³-hybridized carbons (Fsp3) is 0.367. The summed E-state index contributed by atoms with van der Waals surface area (Å²) in [6.07, 6.45) is 3.43. The third-order valence-corrected chi connectivity index (χ3v) is 9.30. The number of pyridine rings is 1. The lowest BCUT2D eigenvalue weighted by molar-refractivity contribution is 0.0985. The standard InChI is InChI=1S/C30H36N4O3S2/c1-20(2)17-33(18-21(3)4)39(36,37)26-11-9-25(10-12-26)29(35)34(19-24-8-7-13-31-16-24)30-32-27-14-22(5)23(6)15-28(27)38-30/h7-16,20-21H,17-19H2,1-6H3. The van der Waals surface area contributed by atoms with Gasteiger partial charge in [-0.2, -0.15) is 4.31 Å². The van der Waals surface area contributed by atoms with Crippen LogP contribution in [0.2, 0.25) is 0 Å². The highest BCUT2D eigenvalue weighted by molar-refractivity contribution is 7.89. The zero-order chi connectivity index (χ0) is 28.3. The van der Waals surface area contributed by atoms with Gasteiger partial charge in [-0.1, -0.05) is 45.1 Å². The molecule has 0 saturated carbocycles. The predicted molar refractivity (Wildman–Crippen MR) is 159 cm³/mol. The Morgan fingerprint density at radius 3 is 2.18 bits per heavy atom. The molecule has 0 aliphatic carbocycles. The van der Waals surface area contributed by atoms with Crippen molar-refractivity contribution < 1.29 is 13.2 Å². The first-order valence-electron chi connectivity index (χ1n) is 13.1. The molecule has 7 nitrogen and oxygen atoms in total. The first-order valence-corrected chi connectivity index (χ1v) is 15.4. The smallest absolute Gasteiger partial charge is 0.260 e. The van der Waals surface area contributed by atoms with Gasteiger partial charge in [-0.15, -0.1) is 0 Å². The number of carbonyl (C=O) groups excluding carboxylic acids is 1. The molecule has 0 spiro atoms. The van der Waals surface area contributed by atoms with Crippen molar-refractivity contribution in [2.45, 2.75) is 53.0 Å². The van der Waals surface area contributed by atoms with Crippen LogP contribution < -0.4 is 4.90 Å². The number of anilines is 1. The molecule has 0 atom stereocenters. The van der Waals surface area contributed by atoms with Crippen molar-refractivity contribution in [1.82, 2.24) is 14.3 Å². The predicted octanol–water partition coefficient (Wildman–Crippen LogP) is 6.46. The van der Waals surface area contributed by atoms with E-state index in [1.807, 2.05) is 52.8 Å². The van der Waals surface area contributed by atoms with Gasteiger partial charge in [0.15, 0.2) is 5.13 Å². The molecule has 0 fully saturated rings. The summed E-state index contributed by atoms with van der Waals surface area (Å²) in [7, 11) is -3.69. The van der Waals surface area contributed by atoms with Gasteiger partial charge < -0.3 is 0 Å². The van der Waals surface area contributed by atoms with Crippen molar-refractivity contribution in [3.63, 3.8) is 0 Å². The largest absolute Gasteiger partial charge is 0.279 e. The van der Waals surface area contributed by atoms with Crippen LogP contribution in [0.15, 0.2) is 65.8 Å². The Bertz CT molecular complexity index is 1500. The minimum atomic E-state index is -3.69. The summed E-state index contributed by atoms with van der Waals surface area (Å²) in [4.78, 5) is 24.7. The van der Waals surface area contributed by atoms with Gasteiger partial charge in [-0.25, -0.2) is 13.4 Å². The SMILES string of the molecule is Cc1cc2nc(N(Cc3cccnc3)C(=O)c3ccc(S(=O)(=O)N(CC(C)C)CC(C)C)cc3)sc2cc1C. The number of fused-ring (bicyclic) bond motifs is 1. The van der Waals surface area contributed by atoms with E-state index in [0.29, 0.717) is 30.3 Å². The first-order chi connectivity index (χ1) is 18.5. The molecule has 0 saturated heterocycles. The first kappa shape index (κ1) is 28.9. The summed E-state index contributed by atoms with van der Waals surface area (Å²) in [5.41, 5.74) is 4.42. The van der Waals surface area contributed by atoms with Gasteiger partial charge in [-0.05, 0) is 84.8 Å². The number of nitrogens with zero attached hydrogens (tertiary/aromatic N) is 4. The zero-order valence-electron chi connectivity index (χ0n) is 23.4. The van der Waals surface area contributed by atoms with E-state index in [0.717, 1.165) is 21.3 Å². The number of benzene rings is 2. The molecule has 4 rings (SSSR count). The molecule has 39 heavy (non-hydrogen) atoms. The van der Waals surface area contributed by atoms with Crippen LogP contribution in [0.25, 0.3) is 10.2 Å². The van der Waals surface area contributed by atoms with Crippen LogP contribution in [-0.4, -0.2) is 41.7 Å². The number of carbonyl (C=O) groups is 1. The maximum absolute atomic E-state index is 13.9. The summed E-state index contributed by atoms with van der Waals surface area (Å²) in [5.74, 6) is 0.139. The molecule has 1 amide bonds. The lowest BCUT2D eigenvalue weighted by atomic mass is 10.1. The molecular weight excluding hydrogens is 528 g/mol. The van der Waals surface area contributed by atoms with E-state index in [-0.39, 0.29) is 22.6 Å². The van der Waals surface area contributed by atoms with Gasteiger partial charge in [0.05, 0.1) is 21.7 Å². The van der Waals surface area contributed by atoms with E-state index >= 15 is 0 Å². The highest BCUT2D eigenvalue weighted by Gasteiger charge is 2.27. The van der Waals surface area contributed by atoms with Crippen LogP contribution in [0, 0.1) is 25.7 Å². The molecule has 2 aromatic heterocycles. The number of sulfonamides is 1. The van der Waals surface area contributed by atoms with E-state index in [4.69, 9.17) is 4.98 Å². The molecule has 0 radical (unpaired) electrons. The Morgan fingerprint density at radius 1 is 0.949 bits per heavy atom. The maximum Gasteiger partial charge on any atom is 0.260 e. The Morgan fingerprint density at radius 2 is 1.59 bits per heavy atom. The van der Waals surface area contributed by atoms with Gasteiger partial charge in [-0.3, -0.25) is 14.7 Å². The molecule has 206 valence electrons. The van der Waals surface area contributed by atoms with Gasteiger partial charge in [0, 0.05) is 31.0 Å². The second-order valence-corrected chi connectivity index (χ2v) is 13.7. The molecular formula is C30H36N4O3S2. The Hall–Kier alpha value is -3.14. The van der Waals surface area contributed by atoms with Crippen LogP contribution >= 0.6 is 11.3 Å². The summed E-state index contributed by atoms with van der Waals surface area (Å²) in [6.45, 7) is 13.3. The van der Waals surface area contributed by atoms with E-state index in [1.54, 1.807) is 33.7 Å². The number of thiazole rings is 1. The lowest BCUT2D eigenvalue weighted by Gasteiger charge is -2.26. The van der Waals surface area contributed by atoms with Crippen molar-refractivity contribution in [1.29, 1.82) is 0 Å². The number of rotatable bonds is 10. The molecule has 0 aliphatic heterocycles. The Labute approximate surface area is 235 Å². The van der Waals surface area contributed by atoms with E-state index < -0.39 is 10.0 Å². The number of aryl methyl sites for hydroxylation is 2. The molecule has 0 aliphatic rings. The highest BCUT2D eigenvalue weighted by atomic mass is 32.2.